The van der Waals surface area contributed by atoms with E-state index >= 15 is 0 Å². The minimum Gasteiger partial charge on any atom is -0.344 e. The molecule has 0 aromatic heterocycles. The maximum Gasteiger partial charge on any atom is 0.322 e. The normalized spacial score (nSPS) is 16.3. The van der Waals surface area contributed by atoms with E-state index in [0.717, 1.165) is 6.26 Å². The molecule has 62 valence electrons. The first-order chi connectivity index (χ1) is 5.08. The monoisotopic (exact) mass is 177 g/mol. The van der Waals surface area contributed by atoms with E-state index in [1.54, 1.807) is 6.08 Å². The molecule has 0 unspecified atom stereocenters. The van der Waals surface area contributed by atoms with Gasteiger partial charge in [0.25, 0.3) is 0 Å². The van der Waals surface area contributed by atoms with E-state index in [0.29, 0.717) is 0 Å². The molecule has 11 heavy (non-hydrogen) atoms. The molecule has 0 aliphatic carbocycles. The molecule has 1 heterocycles. The molecular weight excluding hydrogens is 170 g/mol. The van der Waals surface area contributed by atoms with E-state index in [4.69, 9.17) is 0 Å². The predicted octanol–water partition coefficient (Wildman–Crippen LogP) is -0.147. The summed E-state index contributed by atoms with van der Waals surface area (Å²) in [6, 6.07) is 0. The van der Waals surface area contributed by atoms with Crippen LogP contribution in [-0.2, 0) is 19.1 Å². The van der Waals surface area contributed by atoms with Crippen LogP contribution in [0.2, 0.25) is 0 Å². The Balaban J connectivity index is 2.63. The van der Waals surface area contributed by atoms with Gasteiger partial charge in [-0.1, -0.05) is 0 Å². The minimum absolute atomic E-state index is 0.0880. The molecule has 0 amide bonds. The Morgan fingerprint density at radius 3 is 2.82 bits per heavy atom. The number of hydrogen-bond acceptors (Lipinski definition) is 5. The third-order valence-electron chi connectivity index (χ3n) is 0.790. The van der Waals surface area contributed by atoms with Gasteiger partial charge in [0.2, 0.25) is 0 Å². The lowest BCUT2D eigenvalue weighted by Crippen LogP contribution is -2.14. The molecule has 1 rings (SSSR count). The van der Waals surface area contributed by atoms with Gasteiger partial charge < -0.3 is 9.02 Å². The first kappa shape index (κ1) is 7.93. The molecular formula is C5H7NO4S. The molecule has 0 saturated heterocycles. The van der Waals surface area contributed by atoms with Gasteiger partial charge >= 0.3 is 16.1 Å². The van der Waals surface area contributed by atoms with Crippen molar-refractivity contribution >= 4 is 10.1 Å². The van der Waals surface area contributed by atoms with Crippen LogP contribution < -0.4 is 5.48 Å². The van der Waals surface area contributed by atoms with Crippen LogP contribution in [0.3, 0.4) is 0 Å². The van der Waals surface area contributed by atoms with Gasteiger partial charge in [0.05, 0.1) is 6.26 Å². The fraction of sp³-hybridized carbons (Fsp3) is 0.200. The van der Waals surface area contributed by atoms with E-state index in [2.05, 4.69) is 14.5 Å². The second-order valence-corrected chi connectivity index (χ2v) is 3.43. The Bertz CT molecular complexity index is 290. The van der Waals surface area contributed by atoms with Crippen molar-refractivity contribution in [3.63, 3.8) is 0 Å². The molecule has 0 radical (unpaired) electrons. The summed E-state index contributed by atoms with van der Waals surface area (Å²) in [6.45, 7) is 0. The highest BCUT2D eigenvalue weighted by Crippen LogP contribution is 2.05. The van der Waals surface area contributed by atoms with Crippen molar-refractivity contribution in [2.75, 3.05) is 6.26 Å². The highest BCUT2D eigenvalue weighted by Gasteiger charge is 2.08. The Labute approximate surface area is 64.4 Å². The lowest BCUT2D eigenvalue weighted by atomic mass is 10.5. The van der Waals surface area contributed by atoms with E-state index in [-0.39, 0.29) is 5.95 Å². The molecule has 1 aliphatic rings. The maximum atomic E-state index is 10.5. The van der Waals surface area contributed by atoms with Gasteiger partial charge in [-0.25, -0.2) is 5.48 Å². The van der Waals surface area contributed by atoms with Gasteiger partial charge in [-0.2, -0.15) is 8.42 Å². The Morgan fingerprint density at radius 2 is 2.36 bits per heavy atom. The van der Waals surface area contributed by atoms with Crippen LogP contribution >= 0.6 is 0 Å². The lowest BCUT2D eigenvalue weighted by Gasteiger charge is -2.09. The molecule has 0 atom stereocenters. The van der Waals surface area contributed by atoms with Gasteiger partial charge in [0.1, 0.15) is 0 Å². The summed E-state index contributed by atoms with van der Waals surface area (Å²) >= 11 is 0. The SMILES string of the molecule is CS(=O)(=O)OC1=CC=CNO1. The Kier molecular flexibility index (Phi) is 2.04. The average Bonchev–Trinajstić information content (AvgIpc) is 1.85. The first-order valence-corrected chi connectivity index (χ1v) is 4.58. The molecule has 0 fully saturated rings. The van der Waals surface area contributed by atoms with E-state index < -0.39 is 10.1 Å². The fourth-order valence-corrected chi connectivity index (χ4v) is 0.874. The molecule has 0 aromatic rings. The number of rotatable bonds is 2. The van der Waals surface area contributed by atoms with Crippen LogP contribution in [0, 0.1) is 0 Å². The average molecular weight is 177 g/mol. The van der Waals surface area contributed by atoms with Gasteiger partial charge in [-0.3, -0.25) is 0 Å². The lowest BCUT2D eigenvalue weighted by molar-refractivity contribution is 0.0564. The van der Waals surface area contributed by atoms with Gasteiger partial charge in [-0.05, 0) is 6.08 Å². The summed E-state index contributed by atoms with van der Waals surface area (Å²) in [5.41, 5.74) is 2.32. The van der Waals surface area contributed by atoms with Crippen molar-refractivity contribution in [1.82, 2.24) is 5.48 Å². The second kappa shape index (κ2) is 2.83. The van der Waals surface area contributed by atoms with Gasteiger partial charge in [0.15, 0.2) is 0 Å². The number of nitrogens with one attached hydrogen (secondary N) is 1. The summed E-state index contributed by atoms with van der Waals surface area (Å²) in [6.07, 6.45) is 5.38. The van der Waals surface area contributed by atoms with E-state index in [1.165, 1.54) is 12.3 Å². The third kappa shape index (κ3) is 2.94. The largest absolute Gasteiger partial charge is 0.344 e. The van der Waals surface area contributed by atoms with Gasteiger partial charge in [-0.15, -0.1) is 0 Å². The summed E-state index contributed by atoms with van der Waals surface area (Å²) in [4.78, 5) is 4.58. The van der Waals surface area contributed by atoms with Crippen LogP contribution in [0.1, 0.15) is 0 Å². The van der Waals surface area contributed by atoms with Crippen molar-refractivity contribution in [2.24, 2.45) is 0 Å². The number of allylic oxidation sites excluding steroid dienone is 2. The number of hydroxylamine groups is 1. The van der Waals surface area contributed by atoms with Gasteiger partial charge in [0, 0.05) is 12.3 Å². The fourth-order valence-electron chi connectivity index (χ4n) is 0.486. The highest BCUT2D eigenvalue weighted by atomic mass is 32.2. The molecule has 0 saturated carbocycles. The van der Waals surface area contributed by atoms with Crippen LogP contribution in [0.25, 0.3) is 0 Å². The molecule has 5 nitrogen and oxygen atoms in total. The number of hydrogen-bond donors (Lipinski definition) is 1. The van der Waals surface area contributed by atoms with E-state index in [1.807, 2.05) is 0 Å². The smallest absolute Gasteiger partial charge is 0.322 e. The zero-order valence-corrected chi connectivity index (χ0v) is 6.59. The third-order valence-corrected chi connectivity index (χ3v) is 1.26. The summed E-state index contributed by atoms with van der Waals surface area (Å²) in [5.74, 6) is -0.0880. The molecule has 1 N–H and O–H groups in total. The zero-order valence-electron chi connectivity index (χ0n) is 5.77. The van der Waals surface area contributed by atoms with Crippen LogP contribution in [-0.4, -0.2) is 14.7 Å². The Morgan fingerprint density at radius 1 is 1.64 bits per heavy atom. The van der Waals surface area contributed by atoms with Crippen molar-refractivity contribution in [3.8, 4) is 0 Å². The molecule has 1 aliphatic heterocycles. The second-order valence-electron chi connectivity index (χ2n) is 1.85. The van der Waals surface area contributed by atoms with Crippen LogP contribution in [0.4, 0.5) is 0 Å². The van der Waals surface area contributed by atoms with E-state index in [9.17, 15) is 8.42 Å². The molecule has 6 heteroatoms. The summed E-state index contributed by atoms with van der Waals surface area (Å²) in [5, 5.41) is 0. The highest BCUT2D eigenvalue weighted by molar-refractivity contribution is 7.86. The van der Waals surface area contributed by atoms with Crippen molar-refractivity contribution in [2.45, 2.75) is 0 Å². The minimum atomic E-state index is -3.49. The Hall–Kier alpha value is -1.17. The predicted molar refractivity (Wildman–Crippen MR) is 37.4 cm³/mol. The first-order valence-electron chi connectivity index (χ1n) is 2.76. The van der Waals surface area contributed by atoms with Crippen molar-refractivity contribution < 1.29 is 17.4 Å². The van der Waals surface area contributed by atoms with Crippen molar-refractivity contribution in [3.05, 3.63) is 24.3 Å². The van der Waals surface area contributed by atoms with Crippen LogP contribution in [0.15, 0.2) is 24.3 Å². The molecule has 0 aromatic carbocycles. The summed E-state index contributed by atoms with van der Waals surface area (Å²) < 4.78 is 25.4. The topological polar surface area (TPSA) is 64.6 Å². The summed E-state index contributed by atoms with van der Waals surface area (Å²) in [7, 11) is -3.49. The van der Waals surface area contributed by atoms with Crippen LogP contribution in [0.5, 0.6) is 0 Å². The standard InChI is InChI=1S/C5H7NO4S/c1-11(7,8)10-5-3-2-4-6-9-5/h2-4,6H,1H3. The van der Waals surface area contributed by atoms with Crippen molar-refractivity contribution in [1.29, 1.82) is 0 Å². The maximum absolute atomic E-state index is 10.5. The zero-order chi connectivity index (χ0) is 8.32. The quantitative estimate of drug-likeness (QED) is 0.594. The molecule has 0 spiro atoms. The molecule has 0 bridgehead atoms.